The second-order valence-electron chi connectivity index (χ2n) is 7.13. The number of hydrogen-bond acceptors (Lipinski definition) is 7. The lowest BCUT2D eigenvalue weighted by Crippen LogP contribution is -2.40. The molecule has 1 saturated heterocycles. The van der Waals surface area contributed by atoms with Crippen molar-refractivity contribution in [1.82, 2.24) is 19.1 Å². The molecule has 14 heteroatoms. The van der Waals surface area contributed by atoms with Gasteiger partial charge in [-0.2, -0.15) is 27.1 Å². The third-order valence-corrected chi connectivity index (χ3v) is 7.24. The predicted molar refractivity (Wildman–Crippen MR) is 115 cm³/mol. The van der Waals surface area contributed by atoms with Crippen molar-refractivity contribution in [3.8, 4) is 16.8 Å². The highest BCUT2D eigenvalue weighted by molar-refractivity contribution is 7.89. The van der Waals surface area contributed by atoms with Crippen molar-refractivity contribution in [3.05, 3.63) is 47.0 Å². The average molecular weight is 503 g/mol. The van der Waals surface area contributed by atoms with Gasteiger partial charge in [0.25, 0.3) is 0 Å². The molecular weight excluding hydrogens is 485 g/mol. The first kappa shape index (κ1) is 23.3. The molecule has 1 aliphatic rings. The summed E-state index contributed by atoms with van der Waals surface area (Å²) in [4.78, 5) is 3.63. The lowest BCUT2D eigenvalue weighted by molar-refractivity contribution is -0.137. The van der Waals surface area contributed by atoms with E-state index in [1.165, 1.54) is 34.6 Å². The third kappa shape index (κ3) is 4.49. The van der Waals surface area contributed by atoms with Gasteiger partial charge in [-0.25, -0.2) is 8.42 Å². The molecule has 1 aromatic heterocycles. The second kappa shape index (κ2) is 8.48. The molecule has 4 N–H and O–H groups in total. The Hall–Kier alpha value is -2.87. The molecule has 0 aliphatic carbocycles. The van der Waals surface area contributed by atoms with Gasteiger partial charge in [-0.3, -0.25) is 0 Å². The van der Waals surface area contributed by atoms with Crippen LogP contribution in [0.25, 0.3) is 16.8 Å². The van der Waals surface area contributed by atoms with Crippen LogP contribution in [-0.2, 0) is 20.9 Å². The van der Waals surface area contributed by atoms with E-state index in [2.05, 4.69) is 10.1 Å². The summed E-state index contributed by atoms with van der Waals surface area (Å²) in [6.45, 7) is 0.948. The van der Waals surface area contributed by atoms with Crippen LogP contribution in [0.2, 0.25) is 5.02 Å². The van der Waals surface area contributed by atoms with Crippen molar-refractivity contribution < 1.29 is 26.3 Å². The van der Waals surface area contributed by atoms with Crippen LogP contribution < -0.4 is 11.5 Å². The molecule has 2 aromatic carbocycles. The van der Waals surface area contributed by atoms with Gasteiger partial charge in [0.15, 0.2) is 0 Å². The number of rotatable bonds is 4. The maximum absolute atomic E-state index is 14.0. The number of nitrogens with two attached hydrogens (primary N) is 2. The molecule has 0 spiro atoms. The van der Waals surface area contributed by atoms with Crippen molar-refractivity contribution >= 4 is 33.5 Å². The number of hydrogen-bond donors (Lipinski definition) is 2. The average Bonchev–Trinajstić information content (AvgIpc) is 3.11. The van der Waals surface area contributed by atoms with Gasteiger partial charge in [-0.05, 0) is 29.8 Å². The van der Waals surface area contributed by atoms with E-state index >= 15 is 0 Å². The maximum Gasteiger partial charge on any atom is 0.417 e. The largest absolute Gasteiger partial charge is 0.417 e. The van der Waals surface area contributed by atoms with E-state index < -0.39 is 21.8 Å². The fraction of sp³-hybridized carbons (Fsp3) is 0.263. The van der Waals surface area contributed by atoms with Gasteiger partial charge in [0.05, 0.1) is 34.4 Å². The number of nitrogens with zero attached hydrogens (tertiary/aromatic N) is 4. The van der Waals surface area contributed by atoms with Gasteiger partial charge in [0, 0.05) is 18.7 Å². The molecule has 2 heterocycles. The van der Waals surface area contributed by atoms with E-state index in [-0.39, 0.29) is 64.9 Å². The fourth-order valence-electron chi connectivity index (χ4n) is 3.49. The number of halogens is 4. The fourth-order valence-corrected chi connectivity index (χ4v) is 5.22. The summed E-state index contributed by atoms with van der Waals surface area (Å²) in [6.07, 6.45) is -4.78. The summed E-state index contributed by atoms with van der Waals surface area (Å²) in [5, 5.41) is 3.54. The van der Waals surface area contributed by atoms with Crippen LogP contribution in [-0.4, -0.2) is 53.8 Å². The molecule has 0 amide bonds. The third-order valence-electron chi connectivity index (χ3n) is 5.02. The summed E-state index contributed by atoms with van der Waals surface area (Å²) in [6, 6.07) is 7.14. The molecule has 0 saturated carbocycles. The number of aromatic nitrogens is 3. The number of alkyl halides is 3. The van der Waals surface area contributed by atoms with Crippen molar-refractivity contribution in [2.75, 3.05) is 37.8 Å². The molecule has 0 bridgehead atoms. The smallest absolute Gasteiger partial charge is 0.379 e. The Bertz CT molecular complexity index is 1290. The number of ether oxygens (including phenoxy) is 1. The zero-order chi connectivity index (χ0) is 24.0. The molecule has 0 unspecified atom stereocenters. The topological polar surface area (TPSA) is 129 Å². The molecule has 0 radical (unpaired) electrons. The first-order valence-corrected chi connectivity index (χ1v) is 11.4. The Morgan fingerprint density at radius 3 is 2.24 bits per heavy atom. The van der Waals surface area contributed by atoms with E-state index in [9.17, 15) is 21.6 Å². The summed E-state index contributed by atoms with van der Waals surface area (Å²) >= 11 is 6.26. The Morgan fingerprint density at radius 1 is 1.06 bits per heavy atom. The highest BCUT2D eigenvalue weighted by Gasteiger charge is 2.36. The number of benzene rings is 2. The van der Waals surface area contributed by atoms with E-state index in [4.69, 9.17) is 27.8 Å². The predicted octanol–water partition coefficient (Wildman–Crippen LogP) is 2.79. The van der Waals surface area contributed by atoms with Gasteiger partial charge >= 0.3 is 6.18 Å². The lowest BCUT2D eigenvalue weighted by atomic mass is 9.98. The van der Waals surface area contributed by atoms with Crippen LogP contribution in [0.15, 0.2) is 41.3 Å². The van der Waals surface area contributed by atoms with Crippen LogP contribution in [0.5, 0.6) is 0 Å². The maximum atomic E-state index is 14.0. The van der Waals surface area contributed by atoms with E-state index in [1.54, 1.807) is 0 Å². The number of anilines is 2. The summed E-state index contributed by atoms with van der Waals surface area (Å²) < 4.78 is 74.8. The van der Waals surface area contributed by atoms with Gasteiger partial charge in [-0.1, -0.05) is 23.7 Å². The van der Waals surface area contributed by atoms with Crippen molar-refractivity contribution in [3.63, 3.8) is 0 Å². The molecule has 33 heavy (non-hydrogen) atoms. The number of sulfonamides is 1. The van der Waals surface area contributed by atoms with Gasteiger partial charge in [0.2, 0.25) is 21.9 Å². The quantitative estimate of drug-likeness (QED) is 0.561. The molecule has 1 aliphatic heterocycles. The Balaban J connectivity index is 1.78. The summed E-state index contributed by atoms with van der Waals surface area (Å²) in [5.74, 6) is -0.416. The monoisotopic (exact) mass is 502 g/mol. The minimum Gasteiger partial charge on any atom is -0.379 e. The van der Waals surface area contributed by atoms with E-state index in [0.29, 0.717) is 0 Å². The lowest BCUT2D eigenvalue weighted by Gasteiger charge is -2.26. The highest BCUT2D eigenvalue weighted by Crippen LogP contribution is 2.42. The minimum absolute atomic E-state index is 0.0414. The van der Waals surface area contributed by atoms with Crippen LogP contribution >= 0.6 is 11.6 Å². The van der Waals surface area contributed by atoms with E-state index in [1.807, 2.05) is 0 Å². The van der Waals surface area contributed by atoms with Crippen LogP contribution in [0.1, 0.15) is 5.56 Å². The van der Waals surface area contributed by atoms with Crippen molar-refractivity contribution in [1.29, 1.82) is 0 Å². The van der Waals surface area contributed by atoms with E-state index in [0.717, 1.165) is 10.7 Å². The minimum atomic E-state index is -4.78. The molecule has 9 nitrogen and oxygen atoms in total. The number of nitrogen functional groups attached to an aromatic ring is 2. The van der Waals surface area contributed by atoms with Crippen LogP contribution in [0.4, 0.5) is 25.1 Å². The standard InChI is InChI=1S/C19H18ClF3N6O3S/c20-15-10-12(29-18(25)26-17(24)27-29)9-14(19(21,22)23)16(15)11-1-3-13(4-2-11)33(30,31)28-5-7-32-8-6-28/h1-4,9-10H,5-8H2,(H4,24,25,26,27). The SMILES string of the molecule is Nc1nc(N)n(-c2cc(Cl)c(-c3ccc(S(=O)(=O)N4CCOCC4)cc3)c(C(F)(F)F)c2)n1. The zero-order valence-electron chi connectivity index (χ0n) is 16.9. The van der Waals surface area contributed by atoms with Crippen LogP contribution in [0, 0.1) is 0 Å². The molecule has 0 atom stereocenters. The molecule has 3 aromatic rings. The first-order chi connectivity index (χ1) is 15.5. The molecule has 1 fully saturated rings. The normalized spacial score (nSPS) is 15.6. The Labute approximate surface area is 191 Å². The van der Waals surface area contributed by atoms with Crippen LogP contribution in [0.3, 0.4) is 0 Å². The molecule has 4 rings (SSSR count). The summed E-state index contributed by atoms with van der Waals surface area (Å²) in [5.41, 5.74) is 9.78. The molecular formula is C19H18ClF3N6O3S. The second-order valence-corrected chi connectivity index (χ2v) is 9.47. The first-order valence-electron chi connectivity index (χ1n) is 9.56. The Morgan fingerprint density at radius 2 is 1.70 bits per heavy atom. The Kier molecular flexibility index (Phi) is 5.99. The van der Waals surface area contributed by atoms with Crippen molar-refractivity contribution in [2.24, 2.45) is 0 Å². The van der Waals surface area contributed by atoms with Gasteiger partial charge < -0.3 is 16.2 Å². The van der Waals surface area contributed by atoms with Crippen molar-refractivity contribution in [2.45, 2.75) is 11.1 Å². The van der Waals surface area contributed by atoms with Gasteiger partial charge in [-0.15, -0.1) is 5.10 Å². The zero-order valence-corrected chi connectivity index (χ0v) is 18.5. The van der Waals surface area contributed by atoms with Gasteiger partial charge in [0.1, 0.15) is 0 Å². The number of morpholine rings is 1. The molecule has 176 valence electrons. The highest BCUT2D eigenvalue weighted by atomic mass is 35.5. The summed E-state index contributed by atoms with van der Waals surface area (Å²) in [7, 11) is -3.80.